The highest BCUT2D eigenvalue weighted by molar-refractivity contribution is 5.92. The van der Waals surface area contributed by atoms with Crippen LogP contribution < -0.4 is 5.32 Å². The van der Waals surface area contributed by atoms with Crippen molar-refractivity contribution in [1.29, 1.82) is 0 Å². The summed E-state index contributed by atoms with van der Waals surface area (Å²) >= 11 is 0. The highest BCUT2D eigenvalue weighted by Gasteiger charge is 2.16. The standard InChI is InChI=1S/C21H23N3O/c1-14-10-15(2)12-18(11-14)22-21(25)13-20-16(3)23-24(17(20)4)19-8-6-5-7-9-19/h5-12H,13H2,1-4H3,(H,22,25). The number of nitrogens with one attached hydrogen (secondary N) is 1. The number of benzene rings is 2. The third-order valence-corrected chi connectivity index (χ3v) is 4.28. The molecule has 25 heavy (non-hydrogen) atoms. The fourth-order valence-electron chi connectivity index (χ4n) is 3.16. The lowest BCUT2D eigenvalue weighted by Gasteiger charge is -2.08. The number of hydrogen-bond acceptors (Lipinski definition) is 2. The van der Waals surface area contributed by atoms with Crippen LogP contribution in [0, 0.1) is 27.7 Å². The first kappa shape index (κ1) is 17.0. The molecule has 0 atom stereocenters. The number of aryl methyl sites for hydroxylation is 3. The molecular formula is C21H23N3O. The molecule has 0 aliphatic carbocycles. The summed E-state index contributed by atoms with van der Waals surface area (Å²) in [6.45, 7) is 8.01. The van der Waals surface area contributed by atoms with Crippen LogP contribution in [0.2, 0.25) is 0 Å². The predicted molar refractivity (Wildman–Crippen MR) is 101 cm³/mol. The molecule has 1 aromatic heterocycles. The van der Waals surface area contributed by atoms with Crippen LogP contribution in [0.3, 0.4) is 0 Å². The minimum atomic E-state index is -0.0242. The molecule has 1 amide bonds. The normalized spacial score (nSPS) is 10.7. The fraction of sp³-hybridized carbons (Fsp3) is 0.238. The number of amides is 1. The topological polar surface area (TPSA) is 46.9 Å². The van der Waals surface area contributed by atoms with Gasteiger partial charge in [-0.1, -0.05) is 24.3 Å². The van der Waals surface area contributed by atoms with Gasteiger partial charge in [0.2, 0.25) is 5.91 Å². The van der Waals surface area contributed by atoms with Gasteiger partial charge in [-0.3, -0.25) is 4.79 Å². The minimum Gasteiger partial charge on any atom is -0.326 e. The molecule has 0 aliphatic rings. The van der Waals surface area contributed by atoms with Gasteiger partial charge in [-0.2, -0.15) is 5.10 Å². The van der Waals surface area contributed by atoms with Crippen LogP contribution in [0.5, 0.6) is 0 Å². The van der Waals surface area contributed by atoms with E-state index in [1.54, 1.807) is 0 Å². The lowest BCUT2D eigenvalue weighted by atomic mass is 10.1. The van der Waals surface area contributed by atoms with Crippen LogP contribution in [0.4, 0.5) is 5.69 Å². The maximum Gasteiger partial charge on any atom is 0.228 e. The van der Waals surface area contributed by atoms with Crippen molar-refractivity contribution < 1.29 is 4.79 Å². The van der Waals surface area contributed by atoms with E-state index in [1.807, 2.05) is 74.8 Å². The zero-order valence-corrected chi connectivity index (χ0v) is 15.1. The Hall–Kier alpha value is -2.88. The minimum absolute atomic E-state index is 0.0242. The number of para-hydroxylation sites is 1. The molecule has 0 fully saturated rings. The van der Waals surface area contributed by atoms with Crippen LogP contribution in [-0.2, 0) is 11.2 Å². The first-order chi connectivity index (χ1) is 11.9. The van der Waals surface area contributed by atoms with Crippen LogP contribution in [0.15, 0.2) is 48.5 Å². The Labute approximate surface area is 148 Å². The molecular weight excluding hydrogens is 310 g/mol. The number of rotatable bonds is 4. The van der Waals surface area contributed by atoms with Gasteiger partial charge in [-0.15, -0.1) is 0 Å². The first-order valence-corrected chi connectivity index (χ1v) is 8.42. The van der Waals surface area contributed by atoms with Crippen LogP contribution in [-0.4, -0.2) is 15.7 Å². The van der Waals surface area contributed by atoms with Crippen LogP contribution in [0.1, 0.15) is 28.1 Å². The molecule has 0 spiro atoms. The number of carbonyl (C=O) groups excluding carboxylic acids is 1. The van der Waals surface area contributed by atoms with Crippen LogP contribution >= 0.6 is 0 Å². The van der Waals surface area contributed by atoms with E-state index in [2.05, 4.69) is 16.5 Å². The van der Waals surface area contributed by atoms with Gasteiger partial charge in [0, 0.05) is 16.9 Å². The zero-order valence-electron chi connectivity index (χ0n) is 15.1. The number of hydrogen-bond donors (Lipinski definition) is 1. The molecule has 0 unspecified atom stereocenters. The number of anilines is 1. The van der Waals surface area contributed by atoms with E-state index >= 15 is 0 Å². The molecule has 0 saturated carbocycles. The van der Waals surface area contributed by atoms with Gasteiger partial charge < -0.3 is 5.32 Å². The van der Waals surface area contributed by atoms with Crippen molar-refractivity contribution in [2.24, 2.45) is 0 Å². The Balaban J connectivity index is 1.81. The van der Waals surface area contributed by atoms with Crippen molar-refractivity contribution in [3.63, 3.8) is 0 Å². The Morgan fingerprint density at radius 2 is 1.64 bits per heavy atom. The summed E-state index contributed by atoms with van der Waals surface area (Å²) in [5, 5.41) is 7.60. The second-order valence-corrected chi connectivity index (χ2v) is 6.50. The maximum absolute atomic E-state index is 12.5. The molecule has 1 heterocycles. The van der Waals surface area contributed by atoms with E-state index in [-0.39, 0.29) is 5.91 Å². The van der Waals surface area contributed by atoms with E-state index < -0.39 is 0 Å². The molecule has 3 rings (SSSR count). The summed E-state index contributed by atoms with van der Waals surface area (Å²) in [6, 6.07) is 16.0. The van der Waals surface area contributed by atoms with Crippen molar-refractivity contribution >= 4 is 11.6 Å². The Bertz CT molecular complexity index is 890. The van der Waals surface area contributed by atoms with E-state index in [0.717, 1.165) is 39.5 Å². The van der Waals surface area contributed by atoms with Crippen molar-refractivity contribution in [1.82, 2.24) is 9.78 Å². The first-order valence-electron chi connectivity index (χ1n) is 8.42. The van der Waals surface area contributed by atoms with E-state index in [1.165, 1.54) is 0 Å². The smallest absolute Gasteiger partial charge is 0.228 e. The van der Waals surface area contributed by atoms with Crippen molar-refractivity contribution in [2.75, 3.05) is 5.32 Å². The largest absolute Gasteiger partial charge is 0.326 e. The molecule has 0 saturated heterocycles. The highest BCUT2D eigenvalue weighted by atomic mass is 16.1. The lowest BCUT2D eigenvalue weighted by Crippen LogP contribution is -2.15. The number of aromatic nitrogens is 2. The molecule has 3 aromatic rings. The van der Waals surface area contributed by atoms with Crippen molar-refractivity contribution in [3.05, 3.63) is 76.6 Å². The summed E-state index contributed by atoms with van der Waals surface area (Å²) in [5.41, 5.74) is 6.98. The van der Waals surface area contributed by atoms with Gasteiger partial charge in [-0.05, 0) is 63.1 Å². The molecule has 4 nitrogen and oxygen atoms in total. The van der Waals surface area contributed by atoms with Gasteiger partial charge >= 0.3 is 0 Å². The van der Waals surface area contributed by atoms with Gasteiger partial charge in [0.15, 0.2) is 0 Å². The second kappa shape index (κ2) is 6.93. The fourth-order valence-corrected chi connectivity index (χ4v) is 3.16. The SMILES string of the molecule is Cc1cc(C)cc(NC(=O)Cc2c(C)nn(-c3ccccc3)c2C)c1. The lowest BCUT2D eigenvalue weighted by molar-refractivity contribution is -0.115. The van der Waals surface area contributed by atoms with E-state index in [0.29, 0.717) is 6.42 Å². The van der Waals surface area contributed by atoms with E-state index in [9.17, 15) is 4.79 Å². The van der Waals surface area contributed by atoms with Crippen molar-refractivity contribution in [3.8, 4) is 5.69 Å². The summed E-state index contributed by atoms with van der Waals surface area (Å²) in [7, 11) is 0. The Kier molecular flexibility index (Phi) is 4.70. The number of carbonyl (C=O) groups is 1. The molecule has 0 aliphatic heterocycles. The molecule has 0 bridgehead atoms. The van der Waals surface area contributed by atoms with Gasteiger partial charge in [-0.25, -0.2) is 4.68 Å². The molecule has 4 heteroatoms. The Morgan fingerprint density at radius 3 is 2.28 bits per heavy atom. The molecule has 1 N–H and O–H groups in total. The van der Waals surface area contributed by atoms with Crippen molar-refractivity contribution in [2.45, 2.75) is 34.1 Å². The monoisotopic (exact) mass is 333 g/mol. The van der Waals surface area contributed by atoms with Crippen LogP contribution in [0.25, 0.3) is 5.69 Å². The average Bonchev–Trinajstić information content (AvgIpc) is 2.83. The third kappa shape index (κ3) is 3.79. The number of nitrogens with zero attached hydrogens (tertiary/aromatic N) is 2. The predicted octanol–water partition coefficient (Wildman–Crippen LogP) is 4.29. The molecule has 0 radical (unpaired) electrons. The van der Waals surface area contributed by atoms with Gasteiger partial charge in [0.25, 0.3) is 0 Å². The third-order valence-electron chi connectivity index (χ3n) is 4.28. The van der Waals surface area contributed by atoms with E-state index in [4.69, 9.17) is 0 Å². The summed E-state index contributed by atoms with van der Waals surface area (Å²) in [5.74, 6) is -0.0242. The summed E-state index contributed by atoms with van der Waals surface area (Å²) in [6.07, 6.45) is 0.317. The second-order valence-electron chi connectivity index (χ2n) is 6.50. The summed E-state index contributed by atoms with van der Waals surface area (Å²) in [4.78, 5) is 12.5. The quantitative estimate of drug-likeness (QED) is 0.774. The molecule has 2 aromatic carbocycles. The van der Waals surface area contributed by atoms with Gasteiger partial charge in [0.05, 0.1) is 17.8 Å². The van der Waals surface area contributed by atoms with Gasteiger partial charge in [0.1, 0.15) is 0 Å². The Morgan fingerprint density at radius 1 is 1.00 bits per heavy atom. The average molecular weight is 333 g/mol. The molecule has 128 valence electrons. The highest BCUT2D eigenvalue weighted by Crippen LogP contribution is 2.19. The zero-order chi connectivity index (χ0) is 18.0. The maximum atomic E-state index is 12.5. The summed E-state index contributed by atoms with van der Waals surface area (Å²) < 4.78 is 1.90.